The van der Waals surface area contributed by atoms with Crippen LogP contribution in [0.4, 0.5) is 0 Å². The molecule has 0 aromatic heterocycles. The zero-order valence-electron chi connectivity index (χ0n) is 9.37. The van der Waals surface area contributed by atoms with E-state index in [1.807, 2.05) is 26.8 Å². The molecule has 15 heavy (non-hydrogen) atoms. The molecule has 1 aromatic carbocycles. The van der Waals surface area contributed by atoms with Gasteiger partial charge in [-0.15, -0.1) is 0 Å². The molecular formula is C12H17NO2. The monoisotopic (exact) mass is 207 g/mol. The van der Waals surface area contributed by atoms with Crippen LogP contribution in [-0.4, -0.2) is 17.1 Å². The molecule has 3 nitrogen and oxygen atoms in total. The molecule has 0 aliphatic heterocycles. The SMILES string of the molecule is Cc1cc(C)c(C[C@H](N)C(=O)O)cc1C. The number of aliphatic carboxylic acids is 1. The van der Waals surface area contributed by atoms with E-state index in [-0.39, 0.29) is 0 Å². The fraction of sp³-hybridized carbons (Fsp3) is 0.417. The summed E-state index contributed by atoms with van der Waals surface area (Å²) >= 11 is 0. The van der Waals surface area contributed by atoms with E-state index in [1.54, 1.807) is 0 Å². The number of nitrogens with two attached hydrogens (primary N) is 1. The second-order valence-electron chi connectivity index (χ2n) is 4.01. The summed E-state index contributed by atoms with van der Waals surface area (Å²) < 4.78 is 0. The van der Waals surface area contributed by atoms with Crippen molar-refractivity contribution in [2.45, 2.75) is 33.2 Å². The third-order valence-electron chi connectivity index (χ3n) is 2.71. The summed E-state index contributed by atoms with van der Waals surface area (Å²) in [6, 6.07) is 3.28. The lowest BCUT2D eigenvalue weighted by molar-refractivity contribution is -0.138. The van der Waals surface area contributed by atoms with Crippen molar-refractivity contribution in [3.63, 3.8) is 0 Å². The highest BCUT2D eigenvalue weighted by atomic mass is 16.4. The van der Waals surface area contributed by atoms with Crippen molar-refractivity contribution < 1.29 is 9.90 Å². The highest BCUT2D eigenvalue weighted by molar-refractivity contribution is 5.73. The van der Waals surface area contributed by atoms with Gasteiger partial charge >= 0.3 is 5.97 Å². The maximum absolute atomic E-state index is 10.6. The summed E-state index contributed by atoms with van der Waals surface area (Å²) in [5.41, 5.74) is 10.0. The standard InChI is InChI=1S/C12H17NO2/c1-7-4-9(3)10(5-8(7)2)6-11(13)12(14)15/h4-5,11H,6,13H2,1-3H3,(H,14,15)/t11-/m0/s1. The van der Waals surface area contributed by atoms with E-state index in [9.17, 15) is 4.79 Å². The second kappa shape index (κ2) is 4.45. The van der Waals surface area contributed by atoms with Gasteiger partial charge in [0.25, 0.3) is 0 Å². The van der Waals surface area contributed by atoms with Gasteiger partial charge in [0.2, 0.25) is 0 Å². The lowest BCUT2D eigenvalue weighted by Crippen LogP contribution is -2.32. The number of hydrogen-bond acceptors (Lipinski definition) is 2. The number of hydrogen-bond donors (Lipinski definition) is 2. The molecule has 0 saturated heterocycles. The number of carboxylic acids is 1. The topological polar surface area (TPSA) is 63.3 Å². The summed E-state index contributed by atoms with van der Waals surface area (Å²) in [7, 11) is 0. The van der Waals surface area contributed by atoms with Crippen LogP contribution in [0.1, 0.15) is 22.3 Å². The van der Waals surface area contributed by atoms with E-state index in [1.165, 1.54) is 11.1 Å². The third kappa shape index (κ3) is 2.80. The predicted octanol–water partition coefficient (Wildman–Crippen LogP) is 1.57. The van der Waals surface area contributed by atoms with Gasteiger partial charge in [-0.25, -0.2) is 0 Å². The average Bonchev–Trinajstić information content (AvgIpc) is 2.13. The molecule has 0 spiro atoms. The molecule has 3 N–H and O–H groups in total. The molecule has 1 aromatic rings. The highest BCUT2D eigenvalue weighted by Gasteiger charge is 2.13. The number of benzene rings is 1. The van der Waals surface area contributed by atoms with Crippen LogP contribution >= 0.6 is 0 Å². The smallest absolute Gasteiger partial charge is 0.320 e. The lowest BCUT2D eigenvalue weighted by Gasteiger charge is -2.12. The van der Waals surface area contributed by atoms with E-state index in [0.717, 1.165) is 11.1 Å². The number of carbonyl (C=O) groups is 1. The Morgan fingerprint density at radius 2 is 1.80 bits per heavy atom. The van der Waals surface area contributed by atoms with E-state index in [2.05, 4.69) is 6.07 Å². The van der Waals surface area contributed by atoms with Gasteiger partial charge in [-0.2, -0.15) is 0 Å². The van der Waals surface area contributed by atoms with E-state index in [4.69, 9.17) is 10.8 Å². The fourth-order valence-corrected chi connectivity index (χ4v) is 1.56. The van der Waals surface area contributed by atoms with Crippen LogP contribution < -0.4 is 5.73 Å². The van der Waals surface area contributed by atoms with E-state index in [0.29, 0.717) is 6.42 Å². The van der Waals surface area contributed by atoms with Gasteiger partial charge in [-0.3, -0.25) is 4.79 Å². The molecule has 0 amide bonds. The molecule has 3 heteroatoms. The van der Waals surface area contributed by atoms with Crippen LogP contribution in [-0.2, 0) is 11.2 Å². The first-order valence-electron chi connectivity index (χ1n) is 4.97. The Kier molecular flexibility index (Phi) is 3.48. The van der Waals surface area contributed by atoms with Gasteiger partial charge < -0.3 is 10.8 Å². The lowest BCUT2D eigenvalue weighted by atomic mass is 9.96. The minimum atomic E-state index is -0.951. The minimum absolute atomic E-state index is 0.391. The fourth-order valence-electron chi connectivity index (χ4n) is 1.56. The Balaban J connectivity index is 2.95. The normalized spacial score (nSPS) is 12.5. The molecule has 0 aliphatic carbocycles. The van der Waals surface area contributed by atoms with Crippen LogP contribution in [0.15, 0.2) is 12.1 Å². The molecule has 0 saturated carbocycles. The van der Waals surface area contributed by atoms with Gasteiger partial charge in [0.15, 0.2) is 0 Å². The van der Waals surface area contributed by atoms with Gasteiger partial charge in [-0.1, -0.05) is 12.1 Å². The molecule has 1 rings (SSSR count). The van der Waals surface area contributed by atoms with Crippen molar-refractivity contribution in [3.05, 3.63) is 34.4 Å². The Morgan fingerprint density at radius 3 is 2.33 bits per heavy atom. The zero-order valence-corrected chi connectivity index (χ0v) is 9.37. The summed E-state index contributed by atoms with van der Waals surface area (Å²) in [4.78, 5) is 10.6. The van der Waals surface area contributed by atoms with Crippen LogP contribution in [0.5, 0.6) is 0 Å². The zero-order chi connectivity index (χ0) is 11.6. The Bertz CT molecular complexity index is 385. The van der Waals surface area contributed by atoms with Crippen molar-refractivity contribution in [3.8, 4) is 0 Å². The maximum atomic E-state index is 10.6. The van der Waals surface area contributed by atoms with Crippen LogP contribution in [0, 0.1) is 20.8 Å². The molecular weight excluding hydrogens is 190 g/mol. The first-order chi connectivity index (χ1) is 6.91. The molecule has 0 radical (unpaired) electrons. The summed E-state index contributed by atoms with van der Waals surface area (Å²) in [5.74, 6) is -0.951. The minimum Gasteiger partial charge on any atom is -0.480 e. The predicted molar refractivity (Wildman–Crippen MR) is 60.0 cm³/mol. The molecule has 0 fully saturated rings. The van der Waals surface area contributed by atoms with Crippen LogP contribution in [0.2, 0.25) is 0 Å². The van der Waals surface area contributed by atoms with Gasteiger partial charge in [0.1, 0.15) is 6.04 Å². The van der Waals surface area contributed by atoms with E-state index < -0.39 is 12.0 Å². The van der Waals surface area contributed by atoms with Crippen molar-refractivity contribution >= 4 is 5.97 Å². The van der Waals surface area contributed by atoms with Crippen molar-refractivity contribution in [2.24, 2.45) is 5.73 Å². The average molecular weight is 207 g/mol. The van der Waals surface area contributed by atoms with Gasteiger partial charge in [0, 0.05) is 0 Å². The molecule has 0 bridgehead atoms. The van der Waals surface area contributed by atoms with Gasteiger partial charge in [-0.05, 0) is 49.4 Å². The second-order valence-corrected chi connectivity index (χ2v) is 4.01. The third-order valence-corrected chi connectivity index (χ3v) is 2.71. The van der Waals surface area contributed by atoms with Crippen LogP contribution in [0.25, 0.3) is 0 Å². The Hall–Kier alpha value is -1.35. The van der Waals surface area contributed by atoms with Crippen molar-refractivity contribution in [1.29, 1.82) is 0 Å². The molecule has 0 aliphatic rings. The van der Waals surface area contributed by atoms with Crippen molar-refractivity contribution in [2.75, 3.05) is 0 Å². The highest BCUT2D eigenvalue weighted by Crippen LogP contribution is 2.16. The van der Waals surface area contributed by atoms with E-state index >= 15 is 0 Å². The largest absolute Gasteiger partial charge is 0.480 e. The first kappa shape index (κ1) is 11.7. The van der Waals surface area contributed by atoms with Crippen molar-refractivity contribution in [1.82, 2.24) is 0 Å². The Morgan fingerprint density at radius 1 is 1.27 bits per heavy atom. The summed E-state index contributed by atoms with van der Waals surface area (Å²) in [5, 5.41) is 8.73. The summed E-state index contributed by atoms with van der Waals surface area (Å²) in [6.45, 7) is 6.05. The first-order valence-corrected chi connectivity index (χ1v) is 4.97. The molecule has 0 unspecified atom stereocenters. The number of carboxylic acid groups (broad SMARTS) is 1. The quantitative estimate of drug-likeness (QED) is 0.790. The maximum Gasteiger partial charge on any atom is 0.320 e. The molecule has 1 atom stereocenters. The molecule has 0 heterocycles. The number of rotatable bonds is 3. The Labute approximate surface area is 89.9 Å². The summed E-state index contributed by atoms with van der Waals surface area (Å²) in [6.07, 6.45) is 0.391. The number of aryl methyl sites for hydroxylation is 3. The van der Waals surface area contributed by atoms with Crippen LogP contribution in [0.3, 0.4) is 0 Å². The van der Waals surface area contributed by atoms with Gasteiger partial charge in [0.05, 0.1) is 0 Å². The molecule has 82 valence electrons.